The minimum Gasteiger partial charge on any atom is -0.759 e. The van der Waals surface area contributed by atoms with E-state index in [1.807, 2.05) is 0 Å². The first-order chi connectivity index (χ1) is 8.00. The van der Waals surface area contributed by atoms with Gasteiger partial charge in [0.25, 0.3) is 0 Å². The van der Waals surface area contributed by atoms with E-state index in [0.717, 1.165) is 0 Å². The minimum atomic E-state index is -5.17. The summed E-state index contributed by atoms with van der Waals surface area (Å²) in [6, 6.07) is 0. The average molecular weight is 632 g/mol. The third kappa shape index (κ3) is 541. The van der Waals surface area contributed by atoms with Gasteiger partial charge in [-0.2, -0.15) is 0 Å². The van der Waals surface area contributed by atoms with Crippen LogP contribution in [-0.2, 0) is 67.8 Å². The molecule has 0 saturated heterocycles. The van der Waals surface area contributed by atoms with E-state index in [9.17, 15) is 0 Å². The Hall–Kier alpha value is 6.91. The van der Waals surface area contributed by atoms with Crippen LogP contribution in [0.3, 0.4) is 0 Å². The molecular weight excluding hydrogens is 632 g/mol. The molecule has 16 nitrogen and oxygen atoms in total. The van der Waals surface area contributed by atoms with Crippen molar-refractivity contribution in [3.63, 3.8) is 0 Å². The van der Waals surface area contributed by atoms with E-state index in [1.165, 1.54) is 0 Å². The summed E-state index contributed by atoms with van der Waals surface area (Å²) >= 11 is 0. The summed E-state index contributed by atoms with van der Waals surface area (Å²) in [5.41, 5.74) is 0. The Morgan fingerprint density at radius 2 is 0.320 bits per heavy atom. The Morgan fingerprint density at radius 1 is 0.320 bits per heavy atom. The molecule has 0 aliphatic carbocycles. The molecule has 25 heteroatoms. The van der Waals surface area contributed by atoms with Crippen LogP contribution < -0.4 is 206 Å². The van der Waals surface area contributed by atoms with Gasteiger partial charge in [0.2, 0.25) is 0 Å². The largest absolute Gasteiger partial charge is 4.00 e. The first-order valence-electron chi connectivity index (χ1n) is 2.67. The molecule has 128 valence electrons. The quantitative estimate of drug-likeness (QED) is 0.136. The van der Waals surface area contributed by atoms with Crippen molar-refractivity contribution < 1.29 is 302 Å². The second kappa shape index (κ2) is 28.9. The molecule has 0 saturated carbocycles. The second-order valence-corrected chi connectivity index (χ2v) is 4.90. The van der Waals surface area contributed by atoms with Crippen molar-refractivity contribution in [1.82, 2.24) is 0 Å². The van der Waals surface area contributed by atoms with Gasteiger partial charge in [0.15, 0.2) is 0 Å². The standard InChI is InChI=1S/4K.4H2O4S.Zr/c;;;;4*1-5(2,3)4;/h;;;;4*(H2,1,2,3,4);/q4*+1;;;;;+4/p-8. The number of rotatable bonds is 0. The SMILES string of the molecule is O=S(=O)([O-])[O-].O=S(=O)([O-])[O-].O=S(=O)([O-])[O-].O=S(=O)([O-])[O-].[K+].[K+].[K+].[K+].[Zr+4]. The maximum Gasteiger partial charge on any atom is 4.00 e. The van der Waals surface area contributed by atoms with Crippen molar-refractivity contribution in [2.45, 2.75) is 0 Å². The third-order valence-electron chi connectivity index (χ3n) is 0. The summed E-state index contributed by atoms with van der Waals surface area (Å²) in [6.07, 6.45) is 0. The van der Waals surface area contributed by atoms with Crippen molar-refractivity contribution >= 4 is 41.6 Å². The fourth-order valence-corrected chi connectivity index (χ4v) is 0. The van der Waals surface area contributed by atoms with Crippen molar-refractivity contribution in [2.75, 3.05) is 0 Å². The summed E-state index contributed by atoms with van der Waals surface area (Å²) in [6.45, 7) is 0. The summed E-state index contributed by atoms with van der Waals surface area (Å²) in [4.78, 5) is 0. The molecule has 25 heavy (non-hydrogen) atoms. The Kier molecular flexibility index (Phi) is 67.2. The summed E-state index contributed by atoms with van der Waals surface area (Å²) in [5.74, 6) is 0. The molecule has 0 bridgehead atoms. The molecule has 0 amide bonds. The van der Waals surface area contributed by atoms with Crippen LogP contribution in [-0.4, -0.2) is 70.1 Å². The Bertz CT molecular complexity index is 489. The molecule has 0 unspecified atom stereocenters. The Morgan fingerprint density at radius 3 is 0.320 bits per heavy atom. The van der Waals surface area contributed by atoms with Crippen LogP contribution in [0.4, 0.5) is 0 Å². The molecule has 0 aromatic carbocycles. The van der Waals surface area contributed by atoms with Crippen LogP contribution in [0.2, 0.25) is 0 Å². The van der Waals surface area contributed by atoms with Gasteiger partial charge in [-0.1, -0.05) is 0 Å². The normalized spacial score (nSPS) is 9.28. The van der Waals surface area contributed by atoms with E-state index in [-0.39, 0.29) is 232 Å². The fraction of sp³-hybridized carbons (Fsp3) is 0. The number of hydrogen-bond acceptors (Lipinski definition) is 16. The molecule has 0 N–H and O–H groups in total. The van der Waals surface area contributed by atoms with Gasteiger partial charge in [0, 0.05) is 41.6 Å². The summed E-state index contributed by atoms with van der Waals surface area (Å²) in [5, 5.41) is 0. The van der Waals surface area contributed by atoms with E-state index in [2.05, 4.69) is 0 Å². The molecule has 0 spiro atoms. The predicted molar refractivity (Wildman–Crippen MR) is 41.9 cm³/mol. The van der Waals surface area contributed by atoms with Gasteiger partial charge >= 0.3 is 232 Å². The molecular formula is K4O16S4Zr. The molecule has 0 aliphatic rings. The monoisotopic (exact) mass is 630 g/mol. The smallest absolute Gasteiger partial charge is 0.759 e. The van der Waals surface area contributed by atoms with Gasteiger partial charge in [0.1, 0.15) is 0 Å². The van der Waals surface area contributed by atoms with E-state index in [1.54, 1.807) is 0 Å². The molecule has 0 aliphatic heterocycles. The van der Waals surface area contributed by atoms with Gasteiger partial charge in [-0.05, 0) is 0 Å². The summed E-state index contributed by atoms with van der Waals surface area (Å²) in [7, 11) is -20.7. The number of hydrogen-bond donors (Lipinski definition) is 0. The van der Waals surface area contributed by atoms with E-state index >= 15 is 0 Å². The third-order valence-corrected chi connectivity index (χ3v) is 0. The topological polar surface area (TPSA) is 321 Å². The van der Waals surface area contributed by atoms with Crippen LogP contribution in [0.25, 0.3) is 0 Å². The molecule has 0 atom stereocenters. The van der Waals surface area contributed by atoms with Crippen molar-refractivity contribution in [3.05, 3.63) is 0 Å². The van der Waals surface area contributed by atoms with Crippen LogP contribution in [0.1, 0.15) is 0 Å². The molecule has 0 aromatic rings. The van der Waals surface area contributed by atoms with Crippen LogP contribution >= 0.6 is 0 Å². The Labute approximate surface area is 333 Å². The van der Waals surface area contributed by atoms with Crippen molar-refractivity contribution in [1.29, 1.82) is 0 Å². The first-order valence-corrected chi connectivity index (χ1v) is 8.00. The fourth-order valence-electron chi connectivity index (χ4n) is 0. The van der Waals surface area contributed by atoms with E-state index < -0.39 is 41.6 Å². The second-order valence-electron chi connectivity index (χ2n) is 1.63. The molecule has 0 rings (SSSR count). The van der Waals surface area contributed by atoms with E-state index in [4.69, 9.17) is 70.1 Å². The van der Waals surface area contributed by atoms with E-state index in [0.29, 0.717) is 0 Å². The molecule has 0 heterocycles. The molecule has 0 aromatic heterocycles. The average Bonchev–Trinajstić information content (AvgIpc) is 1.62. The zero-order valence-corrected chi connectivity index (χ0v) is 30.9. The zero-order valence-electron chi connectivity index (χ0n) is 12.7. The van der Waals surface area contributed by atoms with Crippen LogP contribution in [0, 0.1) is 0 Å². The van der Waals surface area contributed by atoms with Crippen molar-refractivity contribution in [2.24, 2.45) is 0 Å². The van der Waals surface area contributed by atoms with Gasteiger partial charge in [-0.15, -0.1) is 0 Å². The van der Waals surface area contributed by atoms with Crippen molar-refractivity contribution in [3.8, 4) is 0 Å². The Balaban J connectivity index is -0.0000000183. The maximum absolute atomic E-state index is 8.52. The molecule has 0 fully saturated rings. The summed E-state index contributed by atoms with van der Waals surface area (Å²) < 4.78 is 136. The van der Waals surface area contributed by atoms with Gasteiger partial charge in [-0.25, -0.2) is 0 Å². The van der Waals surface area contributed by atoms with Gasteiger partial charge in [-0.3, -0.25) is 33.7 Å². The van der Waals surface area contributed by atoms with Gasteiger partial charge < -0.3 is 36.4 Å². The minimum absolute atomic E-state index is 0. The van der Waals surface area contributed by atoms with Gasteiger partial charge in [0.05, 0.1) is 0 Å². The van der Waals surface area contributed by atoms with Crippen LogP contribution in [0.15, 0.2) is 0 Å². The zero-order chi connectivity index (χ0) is 18.0. The molecule has 0 radical (unpaired) electrons. The maximum atomic E-state index is 8.52. The van der Waals surface area contributed by atoms with Crippen LogP contribution in [0.5, 0.6) is 0 Å². The predicted octanol–water partition coefficient (Wildman–Crippen LogP) is -17.3. The first kappa shape index (κ1) is 58.1.